The number of hydrogen-bond donors (Lipinski definition) is 1. The SMILES string of the molecule is COc1ccccc1CN(Cc1cc2cc3c(cc2[nH]c1=O)OCCO3)[C@@H](c1nnnn1C1CCCCC1)C(C)C. The lowest BCUT2D eigenvalue weighted by atomic mass is 9.94. The van der Waals surface area contributed by atoms with Crippen molar-refractivity contribution in [2.24, 2.45) is 5.92 Å². The van der Waals surface area contributed by atoms with Crippen LogP contribution < -0.4 is 19.8 Å². The van der Waals surface area contributed by atoms with E-state index in [0.29, 0.717) is 49.4 Å². The molecule has 0 unspecified atom stereocenters. The van der Waals surface area contributed by atoms with Gasteiger partial charge in [0, 0.05) is 35.7 Å². The lowest BCUT2D eigenvalue weighted by molar-refractivity contribution is 0.120. The molecule has 1 atom stereocenters. The maximum atomic E-state index is 13.5. The Morgan fingerprint density at radius 1 is 1.02 bits per heavy atom. The van der Waals surface area contributed by atoms with Gasteiger partial charge in [-0.2, -0.15) is 0 Å². The van der Waals surface area contributed by atoms with Crippen molar-refractivity contribution in [2.75, 3.05) is 20.3 Å². The highest BCUT2D eigenvalue weighted by molar-refractivity contribution is 5.83. The number of aromatic amines is 1. The van der Waals surface area contributed by atoms with Crippen LogP contribution in [0.25, 0.3) is 10.9 Å². The fraction of sp³-hybridized carbons (Fsp3) is 0.484. The van der Waals surface area contributed by atoms with Gasteiger partial charge in [-0.25, -0.2) is 4.68 Å². The van der Waals surface area contributed by atoms with Crippen LogP contribution in [-0.2, 0) is 13.1 Å². The second-order valence-corrected chi connectivity index (χ2v) is 11.4. The Bertz CT molecular complexity index is 1560. The smallest absolute Gasteiger partial charge is 0.252 e. The number of aromatic nitrogens is 5. The van der Waals surface area contributed by atoms with E-state index in [-0.39, 0.29) is 17.5 Å². The lowest BCUT2D eigenvalue weighted by Gasteiger charge is -2.35. The third kappa shape index (κ3) is 5.66. The molecule has 10 nitrogen and oxygen atoms in total. The first-order valence-electron chi connectivity index (χ1n) is 14.6. The van der Waals surface area contributed by atoms with E-state index < -0.39 is 0 Å². The van der Waals surface area contributed by atoms with Crippen LogP contribution >= 0.6 is 0 Å². The molecule has 41 heavy (non-hydrogen) atoms. The van der Waals surface area contributed by atoms with Crippen molar-refractivity contribution in [3.05, 3.63) is 69.8 Å². The van der Waals surface area contributed by atoms with E-state index in [2.05, 4.69) is 45.3 Å². The number of tetrazole rings is 1. The molecule has 1 fully saturated rings. The second-order valence-electron chi connectivity index (χ2n) is 11.4. The molecule has 1 N–H and O–H groups in total. The zero-order valence-electron chi connectivity index (χ0n) is 24.0. The van der Waals surface area contributed by atoms with Crippen LogP contribution in [0.5, 0.6) is 17.2 Å². The zero-order chi connectivity index (χ0) is 28.3. The Balaban J connectivity index is 1.41. The van der Waals surface area contributed by atoms with Crippen LogP contribution in [0, 0.1) is 5.92 Å². The highest BCUT2D eigenvalue weighted by Crippen LogP contribution is 2.37. The maximum absolute atomic E-state index is 13.5. The maximum Gasteiger partial charge on any atom is 0.252 e. The molecule has 1 aliphatic carbocycles. The number of ether oxygens (including phenoxy) is 3. The second kappa shape index (κ2) is 11.9. The third-order valence-electron chi connectivity index (χ3n) is 8.25. The summed E-state index contributed by atoms with van der Waals surface area (Å²) >= 11 is 0. The fourth-order valence-electron chi connectivity index (χ4n) is 6.29. The van der Waals surface area contributed by atoms with Gasteiger partial charge in [-0.1, -0.05) is 51.3 Å². The summed E-state index contributed by atoms with van der Waals surface area (Å²) < 4.78 is 19.3. The van der Waals surface area contributed by atoms with Gasteiger partial charge in [0.25, 0.3) is 5.56 Å². The summed E-state index contributed by atoms with van der Waals surface area (Å²) in [6.45, 7) is 6.34. The van der Waals surface area contributed by atoms with Gasteiger partial charge in [-0.3, -0.25) is 9.69 Å². The molecule has 0 radical (unpaired) electrons. The minimum absolute atomic E-state index is 0.131. The third-order valence-corrected chi connectivity index (χ3v) is 8.25. The Kier molecular flexibility index (Phi) is 7.91. The van der Waals surface area contributed by atoms with Gasteiger partial charge in [0.05, 0.1) is 24.7 Å². The monoisotopic (exact) mass is 558 g/mol. The van der Waals surface area contributed by atoms with Gasteiger partial charge in [0.1, 0.15) is 19.0 Å². The Morgan fingerprint density at radius 2 is 1.76 bits per heavy atom. The van der Waals surface area contributed by atoms with Gasteiger partial charge in [-0.05, 0) is 47.4 Å². The van der Waals surface area contributed by atoms with E-state index in [1.165, 1.54) is 19.3 Å². The number of rotatable bonds is 9. The molecule has 216 valence electrons. The molecule has 3 heterocycles. The van der Waals surface area contributed by atoms with Gasteiger partial charge in [0.2, 0.25) is 0 Å². The quantitative estimate of drug-likeness (QED) is 0.299. The summed E-state index contributed by atoms with van der Waals surface area (Å²) in [5, 5.41) is 14.1. The number of nitrogens with zero attached hydrogens (tertiary/aromatic N) is 5. The lowest BCUT2D eigenvalue weighted by Crippen LogP contribution is -2.36. The average Bonchev–Trinajstić information content (AvgIpc) is 3.46. The van der Waals surface area contributed by atoms with Crippen LogP contribution in [0.15, 0.2) is 47.3 Å². The molecule has 6 rings (SSSR count). The molecular weight excluding hydrogens is 520 g/mol. The van der Waals surface area contributed by atoms with Crippen LogP contribution in [0.4, 0.5) is 0 Å². The van der Waals surface area contributed by atoms with Crippen molar-refractivity contribution in [3.8, 4) is 17.2 Å². The molecule has 4 aromatic rings. The zero-order valence-corrected chi connectivity index (χ0v) is 24.0. The molecule has 0 saturated heterocycles. The van der Waals surface area contributed by atoms with E-state index in [1.807, 2.05) is 41.1 Å². The van der Waals surface area contributed by atoms with Crippen LogP contribution in [0.1, 0.15) is 75.0 Å². The van der Waals surface area contributed by atoms with E-state index in [1.54, 1.807) is 7.11 Å². The minimum Gasteiger partial charge on any atom is -0.496 e. The predicted octanol–water partition coefficient (Wildman–Crippen LogP) is 5.20. The van der Waals surface area contributed by atoms with Gasteiger partial charge < -0.3 is 19.2 Å². The normalized spacial score (nSPS) is 16.4. The molecule has 2 aromatic heterocycles. The topological polar surface area (TPSA) is 107 Å². The van der Waals surface area contributed by atoms with Crippen molar-refractivity contribution in [1.82, 2.24) is 30.1 Å². The molecule has 1 aliphatic heterocycles. The molecular formula is C31H38N6O4. The Hall–Kier alpha value is -3.92. The van der Waals surface area contributed by atoms with E-state index in [4.69, 9.17) is 14.2 Å². The van der Waals surface area contributed by atoms with Crippen LogP contribution in [0.3, 0.4) is 0 Å². The summed E-state index contributed by atoms with van der Waals surface area (Å²) in [5.74, 6) is 3.18. The van der Waals surface area contributed by atoms with E-state index in [9.17, 15) is 4.79 Å². The largest absolute Gasteiger partial charge is 0.496 e. The summed E-state index contributed by atoms with van der Waals surface area (Å²) in [6, 6.07) is 13.9. The molecule has 0 bridgehead atoms. The Labute approximate surface area is 239 Å². The van der Waals surface area contributed by atoms with Crippen molar-refractivity contribution >= 4 is 10.9 Å². The van der Waals surface area contributed by atoms with Crippen LogP contribution in [0.2, 0.25) is 0 Å². The molecule has 2 aromatic carbocycles. The molecule has 0 amide bonds. The van der Waals surface area contributed by atoms with Crippen molar-refractivity contribution < 1.29 is 14.2 Å². The first-order chi connectivity index (χ1) is 20.0. The number of fused-ring (bicyclic) bond motifs is 2. The van der Waals surface area contributed by atoms with Gasteiger partial charge >= 0.3 is 0 Å². The number of H-pyrrole nitrogens is 1. The van der Waals surface area contributed by atoms with Gasteiger partial charge in [-0.15, -0.1) is 5.10 Å². The first kappa shape index (κ1) is 27.3. The molecule has 2 aliphatic rings. The average molecular weight is 559 g/mol. The number of hydrogen-bond acceptors (Lipinski definition) is 8. The molecule has 1 saturated carbocycles. The number of benzene rings is 2. The summed E-state index contributed by atoms with van der Waals surface area (Å²) in [4.78, 5) is 18.9. The number of para-hydroxylation sites is 1. The summed E-state index contributed by atoms with van der Waals surface area (Å²) in [5.41, 5.74) is 2.29. The van der Waals surface area contributed by atoms with Gasteiger partial charge in [0.15, 0.2) is 17.3 Å². The Morgan fingerprint density at radius 3 is 2.51 bits per heavy atom. The van der Waals surface area contributed by atoms with E-state index in [0.717, 1.165) is 40.9 Å². The van der Waals surface area contributed by atoms with Crippen LogP contribution in [-0.4, -0.2) is 50.4 Å². The predicted molar refractivity (Wildman–Crippen MR) is 155 cm³/mol. The van der Waals surface area contributed by atoms with E-state index >= 15 is 0 Å². The van der Waals surface area contributed by atoms with Crippen molar-refractivity contribution in [1.29, 1.82) is 0 Å². The number of pyridine rings is 1. The van der Waals surface area contributed by atoms with Crippen molar-refractivity contribution in [3.63, 3.8) is 0 Å². The minimum atomic E-state index is -0.132. The highest BCUT2D eigenvalue weighted by atomic mass is 16.6. The number of methoxy groups -OCH3 is 1. The van der Waals surface area contributed by atoms with Crippen molar-refractivity contribution in [2.45, 2.75) is 71.1 Å². The first-order valence-corrected chi connectivity index (χ1v) is 14.6. The fourth-order valence-corrected chi connectivity index (χ4v) is 6.29. The molecule has 0 spiro atoms. The highest BCUT2D eigenvalue weighted by Gasteiger charge is 2.33. The summed E-state index contributed by atoms with van der Waals surface area (Å²) in [7, 11) is 1.69. The summed E-state index contributed by atoms with van der Waals surface area (Å²) in [6.07, 6.45) is 5.79. The molecule has 10 heteroatoms. The number of nitrogens with one attached hydrogen (secondary N) is 1. The standard InChI is InChI=1S/C31H38N6O4/c1-20(2)29(30-33-34-35-37(30)24-10-5-4-6-11-24)36(18-21-9-7-8-12-26(21)39-3)19-23-15-22-16-27-28(41-14-13-40-27)17-25(22)32-31(23)38/h7-9,12,15-17,20,24,29H,4-6,10-11,13-14,18-19H2,1-3H3,(H,32,38)/t29-/m1/s1.